The molecule has 1 fully saturated rings. The smallest absolute Gasteiger partial charge is 0.358 e. The highest BCUT2D eigenvalue weighted by Crippen LogP contribution is 2.15. The van der Waals surface area contributed by atoms with Gasteiger partial charge in [-0.25, -0.2) is 14.8 Å². The van der Waals surface area contributed by atoms with Crippen molar-refractivity contribution in [3.05, 3.63) is 18.1 Å². The van der Waals surface area contributed by atoms with Crippen LogP contribution in [0.1, 0.15) is 16.9 Å². The molecule has 1 atom stereocenters. The fourth-order valence-electron chi connectivity index (χ4n) is 1.85. The summed E-state index contributed by atoms with van der Waals surface area (Å²) in [4.78, 5) is 20.9. The molecule has 0 saturated carbocycles. The lowest BCUT2D eigenvalue weighted by Gasteiger charge is -2.14. The Hall–Kier alpha value is -1.69. The van der Waals surface area contributed by atoms with Crippen LogP contribution in [0.25, 0.3) is 0 Å². The van der Waals surface area contributed by atoms with Gasteiger partial charge in [-0.1, -0.05) is 0 Å². The summed E-state index contributed by atoms with van der Waals surface area (Å²) in [5.41, 5.74) is -0.0166. The van der Waals surface area contributed by atoms with Gasteiger partial charge in [-0.2, -0.15) is 0 Å². The molecule has 6 heteroatoms. The third-order valence-corrected chi connectivity index (χ3v) is 2.63. The highest BCUT2D eigenvalue weighted by atomic mass is 16.4. The maximum atomic E-state index is 10.9. The second kappa shape index (κ2) is 4.44. The third kappa shape index (κ3) is 2.27. The summed E-state index contributed by atoms with van der Waals surface area (Å²) in [6, 6.07) is 0.250. The zero-order chi connectivity index (χ0) is 11.5. The van der Waals surface area contributed by atoms with E-state index in [-0.39, 0.29) is 11.7 Å². The lowest BCUT2D eigenvalue weighted by Crippen LogP contribution is -2.25. The van der Waals surface area contributed by atoms with Crippen molar-refractivity contribution in [2.75, 3.05) is 25.5 Å². The number of nitrogens with one attached hydrogen (secondary N) is 1. The lowest BCUT2D eigenvalue weighted by atomic mass is 10.2. The van der Waals surface area contributed by atoms with Crippen molar-refractivity contribution < 1.29 is 9.90 Å². The summed E-state index contributed by atoms with van der Waals surface area (Å²) in [7, 11) is 2.04. The molecule has 1 aliphatic heterocycles. The first kappa shape index (κ1) is 10.8. The zero-order valence-electron chi connectivity index (χ0n) is 9.05. The SMILES string of the molecule is CN1CCC(Nc2nccnc2C(=O)O)C1. The van der Waals surface area contributed by atoms with Crippen molar-refractivity contribution in [1.82, 2.24) is 14.9 Å². The molecule has 2 heterocycles. The summed E-state index contributed by atoms with van der Waals surface area (Å²) in [6.45, 7) is 1.91. The second-order valence-electron chi connectivity index (χ2n) is 3.95. The molecule has 0 aliphatic carbocycles. The first-order valence-corrected chi connectivity index (χ1v) is 5.16. The number of hydrogen-bond acceptors (Lipinski definition) is 5. The van der Waals surface area contributed by atoms with Gasteiger partial charge in [-0.05, 0) is 20.0 Å². The number of likely N-dealkylation sites (N-methyl/N-ethyl adjacent to an activating group) is 1. The fraction of sp³-hybridized carbons (Fsp3) is 0.500. The number of nitrogens with zero attached hydrogens (tertiary/aromatic N) is 3. The van der Waals surface area contributed by atoms with Crippen molar-refractivity contribution in [3.63, 3.8) is 0 Å². The second-order valence-corrected chi connectivity index (χ2v) is 3.95. The van der Waals surface area contributed by atoms with E-state index in [0.29, 0.717) is 5.82 Å². The van der Waals surface area contributed by atoms with Gasteiger partial charge in [-0.3, -0.25) is 0 Å². The van der Waals surface area contributed by atoms with Crippen LogP contribution in [0.2, 0.25) is 0 Å². The summed E-state index contributed by atoms with van der Waals surface area (Å²) >= 11 is 0. The van der Waals surface area contributed by atoms with E-state index in [1.54, 1.807) is 0 Å². The van der Waals surface area contributed by atoms with E-state index in [0.717, 1.165) is 19.5 Å². The van der Waals surface area contributed by atoms with Gasteiger partial charge in [0, 0.05) is 25.0 Å². The Morgan fingerprint density at radius 2 is 2.31 bits per heavy atom. The van der Waals surface area contributed by atoms with E-state index in [2.05, 4.69) is 20.2 Å². The molecule has 0 amide bonds. The minimum atomic E-state index is -1.05. The molecule has 1 saturated heterocycles. The number of aromatic carboxylic acids is 1. The first-order chi connectivity index (χ1) is 7.66. The maximum Gasteiger partial charge on any atom is 0.358 e. The molecular formula is C10H14N4O2. The maximum absolute atomic E-state index is 10.9. The predicted molar refractivity (Wildman–Crippen MR) is 58.5 cm³/mol. The quantitative estimate of drug-likeness (QED) is 0.765. The third-order valence-electron chi connectivity index (χ3n) is 2.63. The van der Waals surface area contributed by atoms with E-state index in [1.165, 1.54) is 12.4 Å². The van der Waals surface area contributed by atoms with Crippen LogP contribution in [-0.2, 0) is 0 Å². The minimum Gasteiger partial charge on any atom is -0.476 e. The standard InChI is InChI=1S/C10H14N4O2/c1-14-5-2-7(6-14)13-9-8(10(15)16)11-3-4-12-9/h3-4,7H,2,5-6H2,1H3,(H,12,13)(H,15,16). The Morgan fingerprint density at radius 3 is 2.94 bits per heavy atom. The van der Waals surface area contributed by atoms with Crippen LogP contribution in [0.3, 0.4) is 0 Å². The van der Waals surface area contributed by atoms with Crippen LogP contribution < -0.4 is 5.32 Å². The van der Waals surface area contributed by atoms with Gasteiger partial charge >= 0.3 is 5.97 Å². The summed E-state index contributed by atoms with van der Waals surface area (Å²) < 4.78 is 0. The van der Waals surface area contributed by atoms with Crippen molar-refractivity contribution in [1.29, 1.82) is 0 Å². The van der Waals surface area contributed by atoms with Gasteiger partial charge < -0.3 is 15.3 Å². The van der Waals surface area contributed by atoms with Crippen LogP contribution >= 0.6 is 0 Å². The Balaban J connectivity index is 2.12. The molecule has 1 unspecified atom stereocenters. The van der Waals surface area contributed by atoms with E-state index < -0.39 is 5.97 Å². The van der Waals surface area contributed by atoms with Crippen molar-refractivity contribution in [2.24, 2.45) is 0 Å². The Bertz CT molecular complexity index is 396. The molecule has 0 radical (unpaired) electrons. The fourth-order valence-corrected chi connectivity index (χ4v) is 1.85. The van der Waals surface area contributed by atoms with Crippen LogP contribution in [0.15, 0.2) is 12.4 Å². The van der Waals surface area contributed by atoms with E-state index in [9.17, 15) is 4.79 Å². The molecular weight excluding hydrogens is 208 g/mol. The van der Waals surface area contributed by atoms with Crippen LogP contribution in [-0.4, -0.2) is 52.1 Å². The largest absolute Gasteiger partial charge is 0.476 e. The topological polar surface area (TPSA) is 78.3 Å². The van der Waals surface area contributed by atoms with Crippen LogP contribution in [0, 0.1) is 0 Å². The highest BCUT2D eigenvalue weighted by Gasteiger charge is 2.22. The van der Waals surface area contributed by atoms with Gasteiger partial charge in [0.2, 0.25) is 0 Å². The lowest BCUT2D eigenvalue weighted by molar-refractivity contribution is 0.0691. The minimum absolute atomic E-state index is 0.0166. The van der Waals surface area contributed by atoms with Crippen molar-refractivity contribution >= 4 is 11.8 Å². The highest BCUT2D eigenvalue weighted by molar-refractivity contribution is 5.90. The number of carboxylic acids is 1. The molecule has 1 aromatic rings. The average molecular weight is 222 g/mol. The van der Waals surface area contributed by atoms with Gasteiger partial charge in [0.05, 0.1) is 0 Å². The van der Waals surface area contributed by atoms with Gasteiger partial charge in [-0.15, -0.1) is 0 Å². The molecule has 2 rings (SSSR count). The number of hydrogen-bond donors (Lipinski definition) is 2. The summed E-state index contributed by atoms with van der Waals surface area (Å²) in [6.07, 6.45) is 3.87. The molecule has 0 bridgehead atoms. The first-order valence-electron chi connectivity index (χ1n) is 5.16. The molecule has 6 nitrogen and oxygen atoms in total. The molecule has 0 spiro atoms. The summed E-state index contributed by atoms with van der Waals surface area (Å²) in [5, 5.41) is 12.1. The van der Waals surface area contributed by atoms with Gasteiger partial charge in [0.25, 0.3) is 0 Å². The van der Waals surface area contributed by atoms with Crippen molar-refractivity contribution in [3.8, 4) is 0 Å². The Morgan fingerprint density at radius 1 is 1.56 bits per heavy atom. The van der Waals surface area contributed by atoms with E-state index in [4.69, 9.17) is 5.11 Å². The van der Waals surface area contributed by atoms with Crippen LogP contribution in [0.5, 0.6) is 0 Å². The Kier molecular flexibility index (Phi) is 3.00. The number of rotatable bonds is 3. The van der Waals surface area contributed by atoms with E-state index in [1.807, 2.05) is 7.05 Å². The number of anilines is 1. The molecule has 1 aliphatic rings. The zero-order valence-corrected chi connectivity index (χ0v) is 9.05. The number of likely N-dealkylation sites (tertiary alicyclic amines) is 1. The Labute approximate surface area is 93.3 Å². The molecule has 0 aromatic carbocycles. The number of carbonyl (C=O) groups is 1. The van der Waals surface area contributed by atoms with Gasteiger partial charge in [0.1, 0.15) is 0 Å². The monoisotopic (exact) mass is 222 g/mol. The number of carboxylic acid groups (broad SMARTS) is 1. The normalized spacial score (nSPS) is 20.9. The van der Waals surface area contributed by atoms with Crippen molar-refractivity contribution in [2.45, 2.75) is 12.5 Å². The average Bonchev–Trinajstić information content (AvgIpc) is 2.64. The molecule has 16 heavy (non-hydrogen) atoms. The predicted octanol–water partition coefficient (Wildman–Crippen LogP) is 0.291. The molecule has 86 valence electrons. The van der Waals surface area contributed by atoms with Gasteiger partial charge in [0.15, 0.2) is 11.5 Å². The molecule has 2 N–H and O–H groups in total. The molecule has 1 aromatic heterocycles. The summed E-state index contributed by atoms with van der Waals surface area (Å²) in [5.74, 6) is -0.697. The number of aromatic nitrogens is 2. The van der Waals surface area contributed by atoms with E-state index >= 15 is 0 Å². The van der Waals surface area contributed by atoms with Crippen LogP contribution in [0.4, 0.5) is 5.82 Å².